The Labute approximate surface area is 306 Å². The number of hydrogen-bond donors (Lipinski definition) is 3. The van der Waals surface area contributed by atoms with Crippen LogP contribution < -0.4 is 0 Å². The standard InChI is InChI=1S/C38H58O14/c1-6-7-9-25(41)16-29-20-30-19-28-11-8-10-27(48-28)17-26(42)18-34(44)49-32(22-39)21-31-14-24(15-33(43)46-5)36(47-23(2)40)38(45,52-31)37(3,4)13-12-35(50-29)51-30/h6,15,26-32,35-36,39,42,45H,1,7-14,16-22H2,2-5H3/b24-15+/t26-,27+,28-,29?,30-,31+,32-,35+,36+,38-/m1/s1. The number of esters is 3. The largest absolute Gasteiger partial charge is 0.466 e. The van der Waals surface area contributed by atoms with Crippen LogP contribution in [0.5, 0.6) is 0 Å². The lowest BCUT2D eigenvalue weighted by atomic mass is 9.72. The van der Waals surface area contributed by atoms with Crippen molar-refractivity contribution < 1.29 is 67.7 Å². The summed E-state index contributed by atoms with van der Waals surface area (Å²) < 4.78 is 41.7. The summed E-state index contributed by atoms with van der Waals surface area (Å²) in [6, 6.07) is 0. The fraction of sp³-hybridized carbons (Fsp3) is 0.789. The van der Waals surface area contributed by atoms with Crippen LogP contribution in [0, 0.1) is 5.41 Å². The fourth-order valence-corrected chi connectivity index (χ4v) is 7.74. The highest BCUT2D eigenvalue weighted by atomic mass is 16.7. The second kappa shape index (κ2) is 19.0. The first-order valence-corrected chi connectivity index (χ1v) is 18.6. The quantitative estimate of drug-likeness (QED) is 0.142. The molecule has 14 heteroatoms. The first-order valence-electron chi connectivity index (χ1n) is 18.6. The zero-order valence-electron chi connectivity index (χ0n) is 31.0. The minimum atomic E-state index is -2.23. The summed E-state index contributed by atoms with van der Waals surface area (Å²) >= 11 is 0. The van der Waals surface area contributed by atoms with Gasteiger partial charge in [-0.2, -0.15) is 0 Å². The van der Waals surface area contributed by atoms with Gasteiger partial charge in [-0.05, 0) is 56.9 Å². The lowest BCUT2D eigenvalue weighted by Crippen LogP contribution is -2.62. The topological polar surface area (TPSA) is 194 Å². The number of methoxy groups -OCH3 is 1. The summed E-state index contributed by atoms with van der Waals surface area (Å²) in [5.41, 5.74) is -0.990. The molecule has 4 aliphatic heterocycles. The monoisotopic (exact) mass is 738 g/mol. The lowest BCUT2D eigenvalue weighted by Gasteiger charge is -2.52. The third kappa shape index (κ3) is 11.6. The number of ketones is 1. The summed E-state index contributed by atoms with van der Waals surface area (Å²) in [7, 11) is 1.19. The van der Waals surface area contributed by atoms with Gasteiger partial charge in [0.1, 0.15) is 11.9 Å². The summed E-state index contributed by atoms with van der Waals surface area (Å²) in [6.45, 7) is 7.77. The minimum Gasteiger partial charge on any atom is -0.466 e. The summed E-state index contributed by atoms with van der Waals surface area (Å²) in [6.07, 6.45) is 1.29. The highest BCUT2D eigenvalue weighted by Gasteiger charge is 2.58. The van der Waals surface area contributed by atoms with Gasteiger partial charge < -0.3 is 48.5 Å². The number of cyclic esters (lactones) is 1. The molecule has 0 radical (unpaired) electrons. The van der Waals surface area contributed by atoms with Gasteiger partial charge in [0.15, 0.2) is 12.4 Å². The molecular formula is C38H58O14. The average molecular weight is 739 g/mol. The second-order valence-electron chi connectivity index (χ2n) is 15.2. The molecule has 1 unspecified atom stereocenters. The maximum Gasteiger partial charge on any atom is 0.330 e. The van der Waals surface area contributed by atoms with Crippen LogP contribution in [0.1, 0.15) is 111 Å². The van der Waals surface area contributed by atoms with Crippen LogP contribution in [0.4, 0.5) is 0 Å². The van der Waals surface area contributed by atoms with Crippen molar-refractivity contribution in [1.29, 1.82) is 0 Å². The Balaban J connectivity index is 1.69. The van der Waals surface area contributed by atoms with E-state index in [1.54, 1.807) is 19.9 Å². The third-order valence-corrected chi connectivity index (χ3v) is 10.5. The number of rotatable bonds is 8. The van der Waals surface area contributed by atoms with Crippen LogP contribution in [-0.4, -0.2) is 114 Å². The summed E-state index contributed by atoms with van der Waals surface area (Å²) in [5.74, 6) is -4.37. The number of fused-ring (bicyclic) bond motifs is 6. The predicted octanol–water partition coefficient (Wildman–Crippen LogP) is 3.50. The van der Waals surface area contributed by atoms with E-state index >= 15 is 0 Å². The van der Waals surface area contributed by atoms with Crippen LogP contribution in [0.2, 0.25) is 0 Å². The molecule has 10 atom stereocenters. The lowest BCUT2D eigenvalue weighted by molar-refractivity contribution is -0.340. The minimum absolute atomic E-state index is 0.0274. The molecule has 4 fully saturated rings. The Kier molecular flexibility index (Phi) is 15.4. The van der Waals surface area contributed by atoms with E-state index in [-0.39, 0.29) is 74.6 Å². The predicted molar refractivity (Wildman–Crippen MR) is 184 cm³/mol. The van der Waals surface area contributed by atoms with Gasteiger partial charge >= 0.3 is 17.9 Å². The number of Topliss-reactive ketones (excluding diaryl/α,β-unsaturated/α-hetero) is 1. The van der Waals surface area contributed by atoms with Gasteiger partial charge in [-0.3, -0.25) is 14.4 Å². The van der Waals surface area contributed by atoms with Crippen LogP contribution in [0.15, 0.2) is 24.3 Å². The van der Waals surface area contributed by atoms with Gasteiger partial charge in [-0.25, -0.2) is 4.79 Å². The number of hydrogen-bond acceptors (Lipinski definition) is 14. The number of carbonyl (C=O) groups is 4. The molecule has 4 rings (SSSR count). The van der Waals surface area contributed by atoms with Crippen molar-refractivity contribution in [1.82, 2.24) is 0 Å². The van der Waals surface area contributed by atoms with E-state index in [9.17, 15) is 34.5 Å². The Morgan fingerprint density at radius 1 is 0.962 bits per heavy atom. The first kappa shape index (κ1) is 42.0. The first-order chi connectivity index (χ1) is 24.6. The average Bonchev–Trinajstić information content (AvgIpc) is 3.07. The molecule has 52 heavy (non-hydrogen) atoms. The molecule has 0 aromatic carbocycles. The Morgan fingerprint density at radius 2 is 1.67 bits per heavy atom. The number of ether oxygens (including phenoxy) is 7. The maximum atomic E-state index is 12.9. The fourth-order valence-electron chi connectivity index (χ4n) is 7.74. The van der Waals surface area contributed by atoms with E-state index in [1.165, 1.54) is 14.0 Å². The number of carbonyl (C=O) groups excluding carboxylic acids is 4. The Hall–Kier alpha value is -2.72. The van der Waals surface area contributed by atoms with Gasteiger partial charge in [-0.15, -0.1) is 6.58 Å². The van der Waals surface area contributed by atoms with Crippen molar-refractivity contribution in [2.75, 3.05) is 13.7 Å². The van der Waals surface area contributed by atoms with Crippen LogP contribution in [0.3, 0.4) is 0 Å². The number of aliphatic hydroxyl groups is 3. The molecule has 0 amide bonds. The van der Waals surface area contributed by atoms with Gasteiger partial charge in [0.25, 0.3) is 0 Å². The van der Waals surface area contributed by atoms with Crippen molar-refractivity contribution in [3.8, 4) is 0 Å². The SMILES string of the molecule is C=CCCC(=O)CC1C[C@H]2C[C@H]3CCC[C@@H](C[C@@H](O)CC(=O)O[C@@H](CO)C[C@@H]4C/C(=C\C(=O)OC)[C@H](OC(C)=O)[C@@](O)(O4)C(C)(C)CC[C@@H](O1)O2)O3. The molecule has 0 saturated carbocycles. The van der Waals surface area contributed by atoms with Crippen molar-refractivity contribution in [3.05, 3.63) is 24.3 Å². The smallest absolute Gasteiger partial charge is 0.330 e. The molecule has 14 nitrogen and oxygen atoms in total. The molecule has 4 heterocycles. The molecule has 6 bridgehead atoms. The van der Waals surface area contributed by atoms with Crippen molar-refractivity contribution in [3.63, 3.8) is 0 Å². The summed E-state index contributed by atoms with van der Waals surface area (Å²) in [4.78, 5) is 50.7. The van der Waals surface area contributed by atoms with Crippen molar-refractivity contribution in [2.24, 2.45) is 5.41 Å². The van der Waals surface area contributed by atoms with Gasteiger partial charge in [-0.1, -0.05) is 19.9 Å². The second-order valence-corrected chi connectivity index (χ2v) is 15.2. The van der Waals surface area contributed by atoms with E-state index in [0.29, 0.717) is 25.7 Å². The normalized spacial score (nSPS) is 36.9. The molecule has 0 aromatic rings. The Morgan fingerprint density at radius 3 is 2.35 bits per heavy atom. The molecule has 294 valence electrons. The van der Waals surface area contributed by atoms with Crippen molar-refractivity contribution in [2.45, 2.75) is 172 Å². The van der Waals surface area contributed by atoms with E-state index in [1.807, 2.05) is 0 Å². The molecule has 0 aromatic heterocycles. The Bertz CT molecular complexity index is 1280. The zero-order chi connectivity index (χ0) is 38.1. The maximum absolute atomic E-state index is 12.9. The van der Waals surface area contributed by atoms with E-state index in [0.717, 1.165) is 25.3 Å². The van der Waals surface area contributed by atoms with E-state index < -0.39 is 72.5 Å². The van der Waals surface area contributed by atoms with Crippen LogP contribution in [0.25, 0.3) is 0 Å². The molecule has 3 N–H and O–H groups in total. The van der Waals surface area contributed by atoms with Crippen LogP contribution >= 0.6 is 0 Å². The van der Waals surface area contributed by atoms with E-state index in [2.05, 4.69) is 6.58 Å². The number of aliphatic hydroxyl groups excluding tert-OH is 2. The van der Waals surface area contributed by atoms with Crippen molar-refractivity contribution >= 4 is 23.7 Å². The number of allylic oxidation sites excluding steroid dienone is 1. The van der Waals surface area contributed by atoms with Crippen LogP contribution in [-0.2, 0) is 52.3 Å². The summed E-state index contributed by atoms with van der Waals surface area (Å²) in [5, 5.41) is 33.6. The highest BCUT2D eigenvalue weighted by molar-refractivity contribution is 5.83. The van der Waals surface area contributed by atoms with Gasteiger partial charge in [0.2, 0.25) is 5.79 Å². The van der Waals surface area contributed by atoms with Gasteiger partial charge in [0.05, 0.1) is 56.8 Å². The third-order valence-electron chi connectivity index (χ3n) is 10.5. The van der Waals surface area contributed by atoms with E-state index in [4.69, 9.17) is 33.2 Å². The molecule has 0 aliphatic carbocycles. The van der Waals surface area contributed by atoms with Gasteiger partial charge in [0, 0.05) is 50.5 Å². The highest BCUT2D eigenvalue weighted by Crippen LogP contribution is 2.48. The molecule has 0 spiro atoms. The molecule has 4 aliphatic rings. The zero-order valence-corrected chi connectivity index (χ0v) is 31.0. The molecule has 4 saturated heterocycles. The molecular weight excluding hydrogens is 680 g/mol.